The van der Waals surface area contributed by atoms with Crippen LogP contribution >= 0.6 is 15.9 Å². The van der Waals surface area contributed by atoms with Crippen molar-refractivity contribution in [3.8, 4) is 0 Å². The Morgan fingerprint density at radius 2 is 2.23 bits per heavy atom. The summed E-state index contributed by atoms with van der Waals surface area (Å²) in [4.78, 5) is 21.7. The van der Waals surface area contributed by atoms with Gasteiger partial charge in [-0.15, -0.1) is 0 Å². The molecule has 0 bridgehead atoms. The summed E-state index contributed by atoms with van der Waals surface area (Å²) >= 11 is 3.22. The van der Waals surface area contributed by atoms with Crippen LogP contribution in [0.2, 0.25) is 0 Å². The molecule has 1 rings (SSSR count). The SMILES string of the molecule is CCC(=O)c1ccc(C=O)c(Br)c1. The molecule has 0 heterocycles. The highest BCUT2D eigenvalue weighted by molar-refractivity contribution is 9.10. The van der Waals surface area contributed by atoms with E-state index in [4.69, 9.17) is 0 Å². The second-order valence-electron chi connectivity index (χ2n) is 2.63. The first-order valence-electron chi connectivity index (χ1n) is 3.97. The molecule has 1 aromatic carbocycles. The summed E-state index contributed by atoms with van der Waals surface area (Å²) in [6, 6.07) is 4.98. The molecule has 0 saturated heterocycles. The summed E-state index contributed by atoms with van der Waals surface area (Å²) in [6.07, 6.45) is 1.23. The first-order chi connectivity index (χ1) is 6.19. The smallest absolute Gasteiger partial charge is 0.162 e. The van der Waals surface area contributed by atoms with Crippen molar-refractivity contribution in [2.45, 2.75) is 13.3 Å². The van der Waals surface area contributed by atoms with Gasteiger partial charge in [-0.1, -0.05) is 28.9 Å². The first-order valence-corrected chi connectivity index (χ1v) is 4.76. The van der Waals surface area contributed by atoms with Crippen molar-refractivity contribution in [3.63, 3.8) is 0 Å². The number of ketones is 1. The van der Waals surface area contributed by atoms with Crippen LogP contribution in [-0.4, -0.2) is 12.1 Å². The molecule has 13 heavy (non-hydrogen) atoms. The van der Waals surface area contributed by atoms with E-state index >= 15 is 0 Å². The third-order valence-electron chi connectivity index (χ3n) is 1.77. The van der Waals surface area contributed by atoms with Crippen molar-refractivity contribution in [1.29, 1.82) is 0 Å². The highest BCUT2D eigenvalue weighted by atomic mass is 79.9. The molecule has 0 spiro atoms. The zero-order valence-electron chi connectivity index (χ0n) is 7.21. The maximum atomic E-state index is 11.3. The molecule has 0 saturated carbocycles. The van der Waals surface area contributed by atoms with Crippen molar-refractivity contribution in [2.24, 2.45) is 0 Å². The number of carbonyl (C=O) groups is 2. The number of rotatable bonds is 3. The van der Waals surface area contributed by atoms with Crippen LogP contribution < -0.4 is 0 Å². The number of aldehydes is 1. The lowest BCUT2D eigenvalue weighted by molar-refractivity contribution is 0.0987. The van der Waals surface area contributed by atoms with Gasteiger partial charge in [0.1, 0.15) is 0 Å². The Hall–Kier alpha value is -0.960. The summed E-state index contributed by atoms with van der Waals surface area (Å²) in [7, 11) is 0. The molecule has 0 aromatic heterocycles. The zero-order valence-corrected chi connectivity index (χ0v) is 8.80. The largest absolute Gasteiger partial charge is 0.298 e. The van der Waals surface area contributed by atoms with E-state index < -0.39 is 0 Å². The van der Waals surface area contributed by atoms with E-state index in [1.165, 1.54) is 0 Å². The number of hydrogen-bond donors (Lipinski definition) is 0. The molecule has 0 radical (unpaired) electrons. The number of carbonyl (C=O) groups excluding carboxylic acids is 2. The van der Waals surface area contributed by atoms with E-state index in [0.717, 1.165) is 6.29 Å². The molecule has 0 aliphatic rings. The summed E-state index contributed by atoms with van der Waals surface area (Å²) in [6.45, 7) is 1.81. The van der Waals surface area contributed by atoms with Gasteiger partial charge < -0.3 is 0 Å². The summed E-state index contributed by atoms with van der Waals surface area (Å²) in [5, 5.41) is 0. The van der Waals surface area contributed by atoms with Crippen molar-refractivity contribution in [1.82, 2.24) is 0 Å². The Kier molecular flexibility index (Phi) is 3.37. The molecular weight excluding hydrogens is 232 g/mol. The minimum absolute atomic E-state index is 0.0816. The van der Waals surface area contributed by atoms with Crippen LogP contribution in [0.5, 0.6) is 0 Å². The fourth-order valence-corrected chi connectivity index (χ4v) is 1.47. The molecule has 0 N–H and O–H groups in total. The predicted octanol–water partition coefficient (Wildman–Crippen LogP) is 2.85. The summed E-state index contributed by atoms with van der Waals surface area (Å²) < 4.78 is 0.668. The Balaban J connectivity index is 3.09. The van der Waals surface area contributed by atoms with Gasteiger partial charge in [0.05, 0.1) is 0 Å². The number of halogens is 1. The average molecular weight is 241 g/mol. The van der Waals surface area contributed by atoms with Gasteiger partial charge >= 0.3 is 0 Å². The fourth-order valence-electron chi connectivity index (χ4n) is 1.00. The second-order valence-corrected chi connectivity index (χ2v) is 3.49. The predicted molar refractivity (Wildman–Crippen MR) is 54.2 cm³/mol. The average Bonchev–Trinajstić information content (AvgIpc) is 2.16. The normalized spacial score (nSPS) is 9.69. The molecule has 0 atom stereocenters. The third-order valence-corrected chi connectivity index (χ3v) is 2.46. The van der Waals surface area contributed by atoms with E-state index in [2.05, 4.69) is 15.9 Å². The molecule has 1 aromatic rings. The van der Waals surface area contributed by atoms with Crippen LogP contribution in [0, 0.1) is 0 Å². The molecule has 3 heteroatoms. The third kappa shape index (κ3) is 2.25. The van der Waals surface area contributed by atoms with Gasteiger partial charge in [0.2, 0.25) is 0 Å². The van der Waals surface area contributed by atoms with Crippen molar-refractivity contribution < 1.29 is 9.59 Å². The molecule has 0 aliphatic carbocycles. The Bertz CT molecular complexity index is 345. The van der Waals surface area contributed by atoms with Gasteiger partial charge in [-0.25, -0.2) is 0 Å². The molecule has 0 amide bonds. The maximum Gasteiger partial charge on any atom is 0.162 e. The van der Waals surface area contributed by atoms with Gasteiger partial charge in [0, 0.05) is 22.0 Å². The summed E-state index contributed by atoms with van der Waals surface area (Å²) in [5.74, 6) is 0.0816. The van der Waals surface area contributed by atoms with Crippen LogP contribution in [0.25, 0.3) is 0 Å². The van der Waals surface area contributed by atoms with Crippen molar-refractivity contribution in [3.05, 3.63) is 33.8 Å². The summed E-state index contributed by atoms with van der Waals surface area (Å²) in [5.41, 5.74) is 1.20. The van der Waals surface area contributed by atoms with E-state index in [-0.39, 0.29) is 5.78 Å². The lowest BCUT2D eigenvalue weighted by atomic mass is 10.1. The lowest BCUT2D eigenvalue weighted by Gasteiger charge is -2.00. The van der Waals surface area contributed by atoms with Crippen LogP contribution in [0.15, 0.2) is 22.7 Å². The van der Waals surface area contributed by atoms with Gasteiger partial charge in [-0.3, -0.25) is 9.59 Å². The highest BCUT2D eigenvalue weighted by Gasteiger charge is 2.05. The van der Waals surface area contributed by atoms with Crippen molar-refractivity contribution >= 4 is 28.0 Å². The van der Waals surface area contributed by atoms with Gasteiger partial charge in [-0.2, -0.15) is 0 Å². The molecule has 0 aliphatic heterocycles. The Morgan fingerprint density at radius 1 is 1.54 bits per heavy atom. The van der Waals surface area contributed by atoms with E-state index in [9.17, 15) is 9.59 Å². The molecule has 0 unspecified atom stereocenters. The highest BCUT2D eigenvalue weighted by Crippen LogP contribution is 2.17. The fraction of sp³-hybridized carbons (Fsp3) is 0.200. The van der Waals surface area contributed by atoms with Crippen LogP contribution in [-0.2, 0) is 0 Å². The van der Waals surface area contributed by atoms with Crippen LogP contribution in [0.1, 0.15) is 34.1 Å². The van der Waals surface area contributed by atoms with Crippen LogP contribution in [0.3, 0.4) is 0 Å². The van der Waals surface area contributed by atoms with E-state index in [1.54, 1.807) is 18.2 Å². The minimum Gasteiger partial charge on any atom is -0.298 e. The topological polar surface area (TPSA) is 34.1 Å². The second kappa shape index (κ2) is 4.33. The molecule has 0 fully saturated rings. The van der Waals surface area contributed by atoms with Gasteiger partial charge in [0.25, 0.3) is 0 Å². The van der Waals surface area contributed by atoms with Gasteiger partial charge in [-0.05, 0) is 12.1 Å². The number of hydrogen-bond acceptors (Lipinski definition) is 2. The van der Waals surface area contributed by atoms with Crippen molar-refractivity contribution in [2.75, 3.05) is 0 Å². The monoisotopic (exact) mass is 240 g/mol. The quantitative estimate of drug-likeness (QED) is 0.602. The number of benzene rings is 1. The molecule has 2 nitrogen and oxygen atoms in total. The van der Waals surface area contributed by atoms with Gasteiger partial charge in [0.15, 0.2) is 12.1 Å². The van der Waals surface area contributed by atoms with Crippen LogP contribution in [0.4, 0.5) is 0 Å². The standard InChI is InChI=1S/C10H9BrO2/c1-2-10(13)7-3-4-8(6-12)9(11)5-7/h3-6H,2H2,1H3. The molecule has 68 valence electrons. The van der Waals surface area contributed by atoms with E-state index in [0.29, 0.717) is 22.0 Å². The first kappa shape index (κ1) is 10.1. The lowest BCUT2D eigenvalue weighted by Crippen LogP contribution is -1.97. The minimum atomic E-state index is 0.0816. The maximum absolute atomic E-state index is 11.3. The number of Topliss-reactive ketones (excluding diaryl/α,β-unsaturated/α-hetero) is 1. The Labute approximate surface area is 85.1 Å². The Morgan fingerprint density at radius 3 is 2.69 bits per heavy atom. The van der Waals surface area contributed by atoms with E-state index in [1.807, 2.05) is 6.92 Å². The molecular formula is C10H9BrO2. The zero-order chi connectivity index (χ0) is 9.84.